The molecule has 1 aliphatic carbocycles. The summed E-state index contributed by atoms with van der Waals surface area (Å²) in [7, 11) is 0. The van der Waals surface area contributed by atoms with Crippen LogP contribution in [0, 0.1) is 6.92 Å². The van der Waals surface area contributed by atoms with Gasteiger partial charge in [-0.2, -0.15) is 0 Å². The van der Waals surface area contributed by atoms with Crippen LogP contribution in [0.4, 0.5) is 0 Å². The zero-order chi connectivity index (χ0) is 9.26. The predicted octanol–water partition coefficient (Wildman–Crippen LogP) is 4.31. The van der Waals surface area contributed by atoms with Crippen LogP contribution in [0.25, 0.3) is 0 Å². The Labute approximate surface area is 84.9 Å². The summed E-state index contributed by atoms with van der Waals surface area (Å²) >= 11 is 6.18. The summed E-state index contributed by atoms with van der Waals surface area (Å²) in [6.07, 6.45) is 5.39. The van der Waals surface area contributed by atoms with Crippen LogP contribution < -0.4 is 0 Å². The molecule has 0 bridgehead atoms. The summed E-state index contributed by atoms with van der Waals surface area (Å²) in [6.45, 7) is 2.13. The van der Waals surface area contributed by atoms with Crippen molar-refractivity contribution in [3.63, 3.8) is 0 Å². The SMILES string of the molecule is Cc1ccc(Cl)c(C2CCCC2)c1. The van der Waals surface area contributed by atoms with Gasteiger partial charge in [-0.3, -0.25) is 0 Å². The van der Waals surface area contributed by atoms with Crippen molar-refractivity contribution in [3.05, 3.63) is 34.3 Å². The third kappa shape index (κ3) is 1.88. The van der Waals surface area contributed by atoms with E-state index < -0.39 is 0 Å². The Hall–Kier alpha value is -0.490. The van der Waals surface area contributed by atoms with Crippen molar-refractivity contribution >= 4 is 11.6 Å². The zero-order valence-electron chi connectivity index (χ0n) is 8.02. The minimum Gasteiger partial charge on any atom is -0.0840 e. The van der Waals surface area contributed by atoms with E-state index in [0.29, 0.717) is 0 Å². The smallest absolute Gasteiger partial charge is 0.0441 e. The van der Waals surface area contributed by atoms with Crippen molar-refractivity contribution in [1.29, 1.82) is 0 Å². The Kier molecular flexibility index (Phi) is 2.59. The van der Waals surface area contributed by atoms with E-state index in [0.717, 1.165) is 10.9 Å². The van der Waals surface area contributed by atoms with E-state index in [1.165, 1.54) is 36.8 Å². The molecule has 0 spiro atoms. The first-order valence-electron chi connectivity index (χ1n) is 5.03. The quantitative estimate of drug-likeness (QED) is 0.625. The van der Waals surface area contributed by atoms with Crippen LogP contribution in [0.15, 0.2) is 18.2 Å². The van der Waals surface area contributed by atoms with Gasteiger partial charge in [-0.1, -0.05) is 42.1 Å². The molecule has 1 saturated carbocycles. The van der Waals surface area contributed by atoms with Crippen molar-refractivity contribution in [2.75, 3.05) is 0 Å². The second kappa shape index (κ2) is 3.71. The number of halogens is 1. The molecule has 0 heterocycles. The Balaban J connectivity index is 2.32. The average molecular weight is 195 g/mol. The van der Waals surface area contributed by atoms with Gasteiger partial charge in [-0.05, 0) is 37.3 Å². The first-order chi connectivity index (χ1) is 6.27. The highest BCUT2D eigenvalue weighted by atomic mass is 35.5. The van der Waals surface area contributed by atoms with Gasteiger partial charge >= 0.3 is 0 Å². The van der Waals surface area contributed by atoms with Crippen LogP contribution in [0.5, 0.6) is 0 Å². The summed E-state index contributed by atoms with van der Waals surface area (Å²) in [5.41, 5.74) is 2.70. The van der Waals surface area contributed by atoms with Crippen molar-refractivity contribution in [2.24, 2.45) is 0 Å². The maximum absolute atomic E-state index is 6.18. The molecule has 13 heavy (non-hydrogen) atoms. The molecule has 1 aromatic carbocycles. The largest absolute Gasteiger partial charge is 0.0840 e. The molecule has 0 N–H and O–H groups in total. The molecule has 0 radical (unpaired) electrons. The molecule has 70 valence electrons. The van der Waals surface area contributed by atoms with Gasteiger partial charge in [-0.15, -0.1) is 0 Å². The number of benzene rings is 1. The monoisotopic (exact) mass is 194 g/mol. The molecule has 2 rings (SSSR count). The highest BCUT2D eigenvalue weighted by molar-refractivity contribution is 6.31. The highest BCUT2D eigenvalue weighted by Gasteiger charge is 2.19. The Morgan fingerprint density at radius 2 is 1.92 bits per heavy atom. The molecule has 1 aromatic rings. The maximum atomic E-state index is 6.18. The summed E-state index contributed by atoms with van der Waals surface area (Å²) in [6, 6.07) is 6.36. The van der Waals surface area contributed by atoms with Crippen LogP contribution in [0.3, 0.4) is 0 Å². The predicted molar refractivity (Wildman–Crippen MR) is 57.4 cm³/mol. The van der Waals surface area contributed by atoms with E-state index in [1.807, 2.05) is 6.07 Å². The van der Waals surface area contributed by atoms with Gasteiger partial charge in [0.1, 0.15) is 0 Å². The molecule has 0 atom stereocenters. The molecule has 0 unspecified atom stereocenters. The molecular weight excluding hydrogens is 180 g/mol. The molecule has 0 aromatic heterocycles. The summed E-state index contributed by atoms with van der Waals surface area (Å²) in [5.74, 6) is 0.729. The van der Waals surface area contributed by atoms with Gasteiger partial charge in [-0.25, -0.2) is 0 Å². The van der Waals surface area contributed by atoms with Crippen molar-refractivity contribution in [2.45, 2.75) is 38.5 Å². The highest BCUT2D eigenvalue weighted by Crippen LogP contribution is 2.37. The molecule has 1 fully saturated rings. The average Bonchev–Trinajstić information content (AvgIpc) is 2.61. The Morgan fingerprint density at radius 1 is 1.23 bits per heavy atom. The lowest BCUT2D eigenvalue weighted by Gasteiger charge is -2.12. The Bertz CT molecular complexity index is 298. The van der Waals surface area contributed by atoms with E-state index in [9.17, 15) is 0 Å². The van der Waals surface area contributed by atoms with E-state index in [2.05, 4.69) is 19.1 Å². The zero-order valence-corrected chi connectivity index (χ0v) is 8.77. The first kappa shape index (κ1) is 9.08. The van der Waals surface area contributed by atoms with Gasteiger partial charge < -0.3 is 0 Å². The topological polar surface area (TPSA) is 0 Å². The lowest BCUT2D eigenvalue weighted by Crippen LogP contribution is -1.93. The third-order valence-corrected chi connectivity index (χ3v) is 3.29. The van der Waals surface area contributed by atoms with Gasteiger partial charge in [0.05, 0.1) is 0 Å². The minimum absolute atomic E-state index is 0.729. The van der Waals surface area contributed by atoms with E-state index in [1.54, 1.807) is 0 Å². The van der Waals surface area contributed by atoms with E-state index >= 15 is 0 Å². The Morgan fingerprint density at radius 3 is 2.62 bits per heavy atom. The number of hydrogen-bond donors (Lipinski definition) is 0. The number of rotatable bonds is 1. The second-order valence-corrected chi connectivity index (χ2v) is 4.41. The molecule has 0 nitrogen and oxygen atoms in total. The van der Waals surface area contributed by atoms with Crippen molar-refractivity contribution < 1.29 is 0 Å². The second-order valence-electron chi connectivity index (χ2n) is 4.01. The fraction of sp³-hybridized carbons (Fsp3) is 0.500. The summed E-state index contributed by atoms with van der Waals surface area (Å²) < 4.78 is 0. The molecule has 0 saturated heterocycles. The lowest BCUT2D eigenvalue weighted by molar-refractivity contribution is 0.723. The molecular formula is C12H15Cl. The van der Waals surface area contributed by atoms with Gasteiger partial charge in [0, 0.05) is 5.02 Å². The summed E-state index contributed by atoms with van der Waals surface area (Å²) in [4.78, 5) is 0. The van der Waals surface area contributed by atoms with Gasteiger partial charge in [0.2, 0.25) is 0 Å². The maximum Gasteiger partial charge on any atom is 0.0441 e. The van der Waals surface area contributed by atoms with Crippen LogP contribution in [-0.2, 0) is 0 Å². The van der Waals surface area contributed by atoms with Crippen LogP contribution in [0.1, 0.15) is 42.7 Å². The van der Waals surface area contributed by atoms with Crippen LogP contribution >= 0.6 is 11.6 Å². The van der Waals surface area contributed by atoms with Crippen LogP contribution in [-0.4, -0.2) is 0 Å². The first-order valence-corrected chi connectivity index (χ1v) is 5.41. The van der Waals surface area contributed by atoms with Crippen molar-refractivity contribution in [3.8, 4) is 0 Å². The lowest BCUT2D eigenvalue weighted by atomic mass is 9.96. The standard InChI is InChI=1S/C12H15Cl/c1-9-6-7-12(13)11(8-9)10-4-2-3-5-10/h6-8,10H,2-5H2,1H3. The fourth-order valence-corrected chi connectivity index (χ4v) is 2.48. The minimum atomic E-state index is 0.729. The third-order valence-electron chi connectivity index (χ3n) is 2.95. The fourth-order valence-electron chi connectivity index (χ4n) is 2.21. The normalized spacial score (nSPS) is 18.0. The van der Waals surface area contributed by atoms with Gasteiger partial charge in [0.15, 0.2) is 0 Å². The summed E-state index contributed by atoms with van der Waals surface area (Å²) in [5, 5.41) is 0.956. The van der Waals surface area contributed by atoms with Crippen LogP contribution in [0.2, 0.25) is 5.02 Å². The molecule has 1 heteroatoms. The van der Waals surface area contributed by atoms with E-state index in [-0.39, 0.29) is 0 Å². The van der Waals surface area contributed by atoms with Gasteiger partial charge in [0.25, 0.3) is 0 Å². The van der Waals surface area contributed by atoms with E-state index in [4.69, 9.17) is 11.6 Å². The number of aryl methyl sites for hydroxylation is 1. The molecule has 1 aliphatic rings. The van der Waals surface area contributed by atoms with Crippen molar-refractivity contribution in [1.82, 2.24) is 0 Å². The molecule has 0 amide bonds. The molecule has 0 aliphatic heterocycles. The number of hydrogen-bond acceptors (Lipinski definition) is 0.